The molecule has 1 aromatic carbocycles. The largest absolute Gasteiger partial charge is 0.497 e. The summed E-state index contributed by atoms with van der Waals surface area (Å²) in [6.45, 7) is 3.64. The minimum Gasteiger partial charge on any atom is -0.497 e. The van der Waals surface area contributed by atoms with E-state index in [4.69, 9.17) is 33.2 Å². The zero-order valence-electron chi connectivity index (χ0n) is 27.8. The lowest BCUT2D eigenvalue weighted by Crippen LogP contribution is -2.81. The molecule has 5 aliphatic carbocycles. The van der Waals surface area contributed by atoms with Crippen LogP contribution in [0.2, 0.25) is 0 Å². The summed E-state index contributed by atoms with van der Waals surface area (Å²) in [7, 11) is 9.61. The summed E-state index contributed by atoms with van der Waals surface area (Å²) in [4.78, 5) is 16.2. The van der Waals surface area contributed by atoms with E-state index in [1.165, 1.54) is 7.11 Å². The third kappa shape index (κ3) is 3.58. The maximum atomic E-state index is 13.8. The van der Waals surface area contributed by atoms with Crippen molar-refractivity contribution in [1.29, 1.82) is 0 Å². The second kappa shape index (κ2) is 11.1. The van der Waals surface area contributed by atoms with E-state index in [9.17, 15) is 20.1 Å². The first kappa shape index (κ1) is 32.7. The van der Waals surface area contributed by atoms with E-state index in [-0.39, 0.29) is 24.3 Å². The molecule has 256 valence electrons. The van der Waals surface area contributed by atoms with Gasteiger partial charge in [0.1, 0.15) is 35.3 Å². The maximum absolute atomic E-state index is 13.8. The van der Waals surface area contributed by atoms with Gasteiger partial charge in [-0.1, -0.05) is 6.92 Å². The summed E-state index contributed by atoms with van der Waals surface area (Å²) in [6.07, 6.45) is -4.57. The molecule has 5 saturated carbocycles. The average molecular weight is 648 g/mol. The van der Waals surface area contributed by atoms with Gasteiger partial charge in [0.15, 0.2) is 0 Å². The molecule has 15 atom stereocenters. The number of esters is 1. The van der Waals surface area contributed by atoms with Crippen LogP contribution in [0.3, 0.4) is 0 Å². The van der Waals surface area contributed by atoms with Crippen molar-refractivity contribution >= 4 is 5.97 Å². The molecular weight excluding hydrogens is 598 g/mol. The van der Waals surface area contributed by atoms with Gasteiger partial charge in [-0.25, -0.2) is 4.79 Å². The second-order valence-corrected chi connectivity index (χ2v) is 14.4. The van der Waals surface area contributed by atoms with Gasteiger partial charge in [-0.15, -0.1) is 0 Å². The van der Waals surface area contributed by atoms with Crippen molar-refractivity contribution < 1.29 is 53.3 Å². The highest BCUT2D eigenvalue weighted by Gasteiger charge is 2.91. The second-order valence-electron chi connectivity index (χ2n) is 14.4. The highest BCUT2D eigenvalue weighted by atomic mass is 16.6. The monoisotopic (exact) mass is 647 g/mol. The third-order valence-electron chi connectivity index (χ3n) is 13.5. The number of piperidine rings is 1. The summed E-state index contributed by atoms with van der Waals surface area (Å²) in [5.74, 6) is -1.73. The number of hydrogen-bond donors (Lipinski definition) is 3. The van der Waals surface area contributed by atoms with E-state index >= 15 is 0 Å². The lowest BCUT2D eigenvalue weighted by molar-refractivity contribution is -0.325. The molecule has 0 radical (unpaired) electrons. The third-order valence-corrected chi connectivity index (χ3v) is 13.5. The van der Waals surface area contributed by atoms with Gasteiger partial charge in [-0.05, 0) is 43.1 Å². The highest BCUT2D eigenvalue weighted by Crippen LogP contribution is 2.80. The zero-order chi connectivity index (χ0) is 33.0. The zero-order valence-corrected chi connectivity index (χ0v) is 27.8. The molecule has 12 nitrogen and oxygen atoms in total. The molecule has 9 unspecified atom stereocenters. The van der Waals surface area contributed by atoms with Crippen LogP contribution < -0.4 is 4.74 Å². The number of aliphatic hydroxyl groups is 3. The minimum atomic E-state index is -1.74. The van der Waals surface area contributed by atoms with Crippen molar-refractivity contribution in [3.05, 3.63) is 29.8 Å². The van der Waals surface area contributed by atoms with E-state index < -0.39 is 76.5 Å². The molecule has 1 spiro atoms. The number of fused-ring (bicyclic) bond motifs is 2. The van der Waals surface area contributed by atoms with Crippen molar-refractivity contribution in [2.45, 2.75) is 73.6 Å². The van der Waals surface area contributed by atoms with Crippen molar-refractivity contribution in [1.82, 2.24) is 4.90 Å². The Labute approximate surface area is 270 Å². The van der Waals surface area contributed by atoms with Crippen molar-refractivity contribution in [3.63, 3.8) is 0 Å². The van der Waals surface area contributed by atoms with E-state index in [2.05, 4.69) is 11.8 Å². The molecule has 0 amide bonds. The number of hydrogen-bond acceptors (Lipinski definition) is 12. The van der Waals surface area contributed by atoms with E-state index in [1.807, 2.05) is 0 Å². The minimum absolute atomic E-state index is 0.172. The molecule has 1 heterocycles. The summed E-state index contributed by atoms with van der Waals surface area (Å²) in [5, 5.41) is 37.2. The first-order chi connectivity index (χ1) is 22.1. The van der Waals surface area contributed by atoms with Gasteiger partial charge in [0.25, 0.3) is 0 Å². The number of nitrogens with zero attached hydrogens (tertiary/aromatic N) is 1. The number of likely N-dealkylation sites (tertiary alicyclic amines) is 1. The van der Waals surface area contributed by atoms with Gasteiger partial charge < -0.3 is 48.5 Å². The Bertz CT molecular complexity index is 1330. The van der Waals surface area contributed by atoms with Gasteiger partial charge in [0.05, 0.1) is 37.6 Å². The lowest BCUT2D eigenvalue weighted by atomic mass is 9.42. The first-order valence-electron chi connectivity index (χ1n) is 16.4. The number of benzene rings is 1. The van der Waals surface area contributed by atoms with E-state index in [0.717, 1.165) is 0 Å². The predicted octanol–water partition coefficient (Wildman–Crippen LogP) is 0.740. The maximum Gasteiger partial charge on any atom is 0.338 e. The van der Waals surface area contributed by atoms with Gasteiger partial charge in [0.2, 0.25) is 0 Å². The molecule has 46 heavy (non-hydrogen) atoms. The molecule has 1 aromatic rings. The molecule has 6 fully saturated rings. The Morgan fingerprint density at radius 1 is 0.978 bits per heavy atom. The summed E-state index contributed by atoms with van der Waals surface area (Å²) in [5.41, 5.74) is -4.16. The van der Waals surface area contributed by atoms with E-state index in [1.54, 1.807) is 59.8 Å². The molecule has 6 aliphatic rings. The van der Waals surface area contributed by atoms with Crippen LogP contribution in [0.1, 0.15) is 30.1 Å². The normalized spacial score (nSPS) is 50.0. The number of carbonyl (C=O) groups excluding carboxylic acids is 1. The van der Waals surface area contributed by atoms with E-state index in [0.29, 0.717) is 37.4 Å². The number of aliphatic hydroxyl groups excluding tert-OH is 2. The Hall–Kier alpha value is -1.87. The van der Waals surface area contributed by atoms with Gasteiger partial charge in [-0.2, -0.15) is 0 Å². The molecule has 12 heteroatoms. The fourth-order valence-corrected chi connectivity index (χ4v) is 12.4. The van der Waals surface area contributed by atoms with Crippen LogP contribution >= 0.6 is 0 Å². The molecule has 1 saturated heterocycles. The summed E-state index contributed by atoms with van der Waals surface area (Å²) in [6, 6.07) is 6.43. The topological polar surface area (TPSA) is 146 Å². The number of methoxy groups -OCH3 is 6. The summed E-state index contributed by atoms with van der Waals surface area (Å²) < 4.78 is 43.0. The van der Waals surface area contributed by atoms with Crippen LogP contribution in [0.4, 0.5) is 0 Å². The smallest absolute Gasteiger partial charge is 0.338 e. The fourth-order valence-electron chi connectivity index (χ4n) is 12.4. The predicted molar refractivity (Wildman–Crippen MR) is 162 cm³/mol. The number of carbonyl (C=O) groups is 1. The van der Waals surface area contributed by atoms with Crippen molar-refractivity contribution in [2.24, 2.45) is 34.5 Å². The molecule has 0 aromatic heterocycles. The number of rotatable bonds is 10. The Kier molecular flexibility index (Phi) is 7.87. The van der Waals surface area contributed by atoms with Gasteiger partial charge >= 0.3 is 5.97 Å². The Morgan fingerprint density at radius 2 is 1.70 bits per heavy atom. The molecule has 7 bridgehead atoms. The molecule has 7 rings (SSSR count). The molecular formula is C34H49NO11. The Morgan fingerprint density at radius 3 is 2.26 bits per heavy atom. The SMILES string of the molecule is CCN1CC2(COC)C(O)CC(OC)C34[C@@H]5C[C@@]6(O)C(OC(=O)c7ccc(OC)cc7)C5[C@@](OC)(C(C(OC)[C@H]23)[C@@H]14)C(O)[C@@H]6OC. The van der Waals surface area contributed by atoms with Crippen molar-refractivity contribution in [2.75, 3.05) is 62.4 Å². The molecule has 1 aliphatic heterocycles. The van der Waals surface area contributed by atoms with Crippen molar-refractivity contribution in [3.8, 4) is 5.75 Å². The fraction of sp³-hybridized carbons (Fsp3) is 0.794. The highest BCUT2D eigenvalue weighted by molar-refractivity contribution is 5.89. The van der Waals surface area contributed by atoms with Crippen LogP contribution in [0.5, 0.6) is 5.75 Å². The standard InChI is InChI=1S/C34H49NO11/c1-8-35-15-31(16-40-2)20(36)13-21(42-4)33-19-14-32(39)28(46-30(38)17-9-11-18(41-3)12-10-17)22(19)34(45-7,27(37)29(32)44-6)23(26(33)35)24(43-5)25(31)33/h9-12,19-29,36-37,39H,8,13-16H2,1-7H3/t19-,20?,21?,22?,23?,24?,25-,26-,27?,28?,29+,31?,32-,33?,34-/m1/s1. The van der Waals surface area contributed by atoms with Gasteiger partial charge in [-0.3, -0.25) is 4.90 Å². The van der Waals surface area contributed by atoms with Crippen LogP contribution in [-0.4, -0.2) is 142 Å². The van der Waals surface area contributed by atoms with Gasteiger partial charge in [0, 0.05) is 83.1 Å². The number of ether oxygens (including phenoxy) is 7. The molecule has 3 N–H and O–H groups in total. The van der Waals surface area contributed by atoms with Crippen LogP contribution in [-0.2, 0) is 28.4 Å². The average Bonchev–Trinajstić information content (AvgIpc) is 3.43. The Balaban J connectivity index is 1.47. The lowest BCUT2D eigenvalue weighted by Gasteiger charge is -2.70. The van der Waals surface area contributed by atoms with Crippen LogP contribution in [0, 0.1) is 34.5 Å². The quantitative estimate of drug-likeness (QED) is 0.308. The summed E-state index contributed by atoms with van der Waals surface area (Å²) >= 11 is 0. The van der Waals surface area contributed by atoms with Crippen LogP contribution in [0.25, 0.3) is 0 Å². The van der Waals surface area contributed by atoms with Crippen LogP contribution in [0.15, 0.2) is 24.3 Å². The first-order valence-corrected chi connectivity index (χ1v) is 16.4.